The zero-order valence-corrected chi connectivity index (χ0v) is 12.1. The number of fused-ring (bicyclic) bond motifs is 1. The van der Waals surface area contributed by atoms with Crippen LogP contribution < -0.4 is 5.69 Å². The Morgan fingerprint density at radius 2 is 1.81 bits per heavy atom. The second kappa shape index (κ2) is 5.22. The molecule has 1 heterocycles. The van der Waals surface area contributed by atoms with Gasteiger partial charge in [0.25, 0.3) is 0 Å². The van der Waals surface area contributed by atoms with Crippen molar-refractivity contribution in [1.82, 2.24) is 9.97 Å². The van der Waals surface area contributed by atoms with Crippen molar-refractivity contribution in [3.8, 4) is 0 Å². The maximum atomic E-state index is 11.3. The molecule has 3 N–H and O–H groups in total. The van der Waals surface area contributed by atoms with E-state index in [-0.39, 0.29) is 5.69 Å². The predicted molar refractivity (Wildman–Crippen MR) is 83.5 cm³/mol. The van der Waals surface area contributed by atoms with Crippen molar-refractivity contribution in [2.24, 2.45) is 0 Å². The second-order valence-electron chi connectivity index (χ2n) is 5.53. The minimum Gasteiger partial charge on any atom is -0.388 e. The van der Waals surface area contributed by atoms with Gasteiger partial charge in [0.05, 0.1) is 17.1 Å². The summed E-state index contributed by atoms with van der Waals surface area (Å²) in [5, 5.41) is 10.5. The fourth-order valence-electron chi connectivity index (χ4n) is 2.60. The molecular formula is C17H18N2O2. The Labute approximate surface area is 122 Å². The lowest BCUT2D eigenvalue weighted by Crippen LogP contribution is -2.03. The molecule has 108 valence electrons. The Morgan fingerprint density at radius 3 is 2.62 bits per heavy atom. The Morgan fingerprint density at radius 1 is 1.05 bits per heavy atom. The summed E-state index contributed by atoms with van der Waals surface area (Å²) in [6.07, 6.45) is -0.0264. The minimum absolute atomic E-state index is 0.230. The molecule has 21 heavy (non-hydrogen) atoms. The summed E-state index contributed by atoms with van der Waals surface area (Å²) >= 11 is 0. The van der Waals surface area contributed by atoms with Crippen LogP contribution in [0.4, 0.5) is 0 Å². The van der Waals surface area contributed by atoms with E-state index in [0.29, 0.717) is 6.42 Å². The maximum Gasteiger partial charge on any atom is 0.323 e. The standard InChI is InChI=1S/C17H18N2O2/c1-10-3-4-11(2)13(7-10)9-16(20)12-5-6-14-15(8-12)19-17(21)18-14/h3-8,16,20H,9H2,1-2H3,(H2,18,19,21). The van der Waals surface area contributed by atoms with Crippen LogP contribution in [0.5, 0.6) is 0 Å². The van der Waals surface area contributed by atoms with Crippen LogP contribution in [0.2, 0.25) is 0 Å². The number of benzene rings is 2. The Balaban J connectivity index is 1.90. The lowest BCUT2D eigenvalue weighted by Gasteiger charge is -2.13. The highest BCUT2D eigenvalue weighted by molar-refractivity contribution is 5.75. The third-order valence-corrected chi connectivity index (χ3v) is 3.84. The van der Waals surface area contributed by atoms with E-state index in [9.17, 15) is 9.90 Å². The van der Waals surface area contributed by atoms with Crippen LogP contribution in [0.1, 0.15) is 28.4 Å². The topological polar surface area (TPSA) is 68.9 Å². The van der Waals surface area contributed by atoms with Crippen molar-refractivity contribution in [3.63, 3.8) is 0 Å². The van der Waals surface area contributed by atoms with Crippen LogP contribution in [0.15, 0.2) is 41.2 Å². The van der Waals surface area contributed by atoms with E-state index < -0.39 is 6.10 Å². The number of rotatable bonds is 3. The molecule has 4 heteroatoms. The fraction of sp³-hybridized carbons (Fsp3) is 0.235. The predicted octanol–water partition coefficient (Wildman–Crippen LogP) is 2.75. The van der Waals surface area contributed by atoms with Gasteiger partial charge in [-0.25, -0.2) is 4.79 Å². The van der Waals surface area contributed by atoms with Crippen LogP contribution >= 0.6 is 0 Å². The zero-order valence-electron chi connectivity index (χ0n) is 12.1. The second-order valence-corrected chi connectivity index (χ2v) is 5.53. The van der Waals surface area contributed by atoms with Crippen LogP contribution in [-0.2, 0) is 6.42 Å². The molecule has 1 aromatic heterocycles. The van der Waals surface area contributed by atoms with Gasteiger partial charge >= 0.3 is 5.69 Å². The van der Waals surface area contributed by atoms with E-state index >= 15 is 0 Å². The zero-order chi connectivity index (χ0) is 15.0. The molecule has 2 aromatic carbocycles. The van der Waals surface area contributed by atoms with E-state index in [1.165, 1.54) is 11.1 Å². The molecule has 3 aromatic rings. The third kappa shape index (κ3) is 2.76. The average molecular weight is 282 g/mol. The minimum atomic E-state index is -0.590. The van der Waals surface area contributed by atoms with Gasteiger partial charge in [-0.1, -0.05) is 29.8 Å². The number of nitrogens with one attached hydrogen (secondary N) is 2. The van der Waals surface area contributed by atoms with E-state index in [0.717, 1.165) is 22.2 Å². The van der Waals surface area contributed by atoms with Crippen LogP contribution in [0.25, 0.3) is 11.0 Å². The molecule has 0 saturated heterocycles. The molecule has 0 saturated carbocycles. The van der Waals surface area contributed by atoms with Crippen molar-refractivity contribution in [1.29, 1.82) is 0 Å². The van der Waals surface area contributed by atoms with Gasteiger partial charge in [-0.05, 0) is 42.7 Å². The Hall–Kier alpha value is -2.33. The number of aromatic amines is 2. The summed E-state index contributed by atoms with van der Waals surface area (Å²) in [5.41, 5.74) is 5.55. The van der Waals surface area contributed by atoms with Crippen LogP contribution in [-0.4, -0.2) is 15.1 Å². The van der Waals surface area contributed by atoms with Gasteiger partial charge < -0.3 is 15.1 Å². The maximum absolute atomic E-state index is 11.3. The number of aliphatic hydroxyl groups is 1. The Kier molecular flexibility index (Phi) is 3.39. The molecule has 0 aliphatic carbocycles. The van der Waals surface area contributed by atoms with E-state index in [4.69, 9.17) is 0 Å². The molecule has 0 spiro atoms. The van der Waals surface area contributed by atoms with Gasteiger partial charge in [0.2, 0.25) is 0 Å². The van der Waals surface area contributed by atoms with E-state index in [2.05, 4.69) is 28.2 Å². The molecule has 0 fully saturated rings. The highest BCUT2D eigenvalue weighted by atomic mass is 16.3. The first-order valence-electron chi connectivity index (χ1n) is 6.99. The first-order chi connectivity index (χ1) is 10.0. The van der Waals surface area contributed by atoms with Crippen molar-refractivity contribution in [2.75, 3.05) is 0 Å². The van der Waals surface area contributed by atoms with Crippen molar-refractivity contribution in [3.05, 3.63) is 69.1 Å². The van der Waals surface area contributed by atoms with E-state index in [1.807, 2.05) is 32.0 Å². The highest BCUT2D eigenvalue weighted by Crippen LogP contribution is 2.23. The summed E-state index contributed by atoms with van der Waals surface area (Å²) in [4.78, 5) is 16.7. The van der Waals surface area contributed by atoms with Crippen LogP contribution in [0, 0.1) is 13.8 Å². The summed E-state index contributed by atoms with van der Waals surface area (Å²) in [5.74, 6) is 0. The van der Waals surface area contributed by atoms with E-state index in [1.54, 1.807) is 0 Å². The van der Waals surface area contributed by atoms with Crippen molar-refractivity contribution < 1.29 is 5.11 Å². The largest absolute Gasteiger partial charge is 0.388 e. The first-order valence-corrected chi connectivity index (χ1v) is 6.99. The third-order valence-electron chi connectivity index (χ3n) is 3.84. The number of hydrogen-bond acceptors (Lipinski definition) is 2. The van der Waals surface area contributed by atoms with Crippen molar-refractivity contribution >= 4 is 11.0 Å². The number of hydrogen-bond donors (Lipinski definition) is 3. The van der Waals surface area contributed by atoms with Gasteiger partial charge in [0, 0.05) is 6.42 Å². The molecule has 0 bridgehead atoms. The molecule has 1 unspecified atom stereocenters. The van der Waals surface area contributed by atoms with Gasteiger partial charge in [-0.2, -0.15) is 0 Å². The summed E-state index contributed by atoms with van der Waals surface area (Å²) in [6, 6.07) is 11.7. The summed E-state index contributed by atoms with van der Waals surface area (Å²) in [7, 11) is 0. The Bertz CT molecular complexity index is 845. The van der Waals surface area contributed by atoms with Gasteiger partial charge in [-0.15, -0.1) is 0 Å². The van der Waals surface area contributed by atoms with Crippen molar-refractivity contribution in [2.45, 2.75) is 26.4 Å². The molecule has 0 aliphatic rings. The average Bonchev–Trinajstić information content (AvgIpc) is 2.81. The first kappa shape index (κ1) is 13.6. The molecule has 0 radical (unpaired) electrons. The fourth-order valence-corrected chi connectivity index (χ4v) is 2.60. The summed E-state index contributed by atoms with van der Waals surface area (Å²) in [6.45, 7) is 4.10. The molecule has 0 amide bonds. The lowest BCUT2D eigenvalue weighted by molar-refractivity contribution is 0.178. The van der Waals surface area contributed by atoms with Crippen LogP contribution in [0.3, 0.4) is 0 Å². The van der Waals surface area contributed by atoms with Gasteiger partial charge in [0.1, 0.15) is 0 Å². The highest BCUT2D eigenvalue weighted by Gasteiger charge is 2.12. The smallest absolute Gasteiger partial charge is 0.323 e. The molecule has 3 rings (SSSR count). The number of imidazole rings is 1. The molecule has 4 nitrogen and oxygen atoms in total. The number of aryl methyl sites for hydroxylation is 2. The SMILES string of the molecule is Cc1ccc(C)c(CC(O)c2ccc3[nH]c(=O)[nH]c3c2)c1. The summed E-state index contributed by atoms with van der Waals surface area (Å²) < 4.78 is 0. The normalized spacial score (nSPS) is 12.7. The molecule has 0 aliphatic heterocycles. The number of aromatic nitrogens is 2. The quantitative estimate of drug-likeness (QED) is 0.691. The monoisotopic (exact) mass is 282 g/mol. The number of aliphatic hydroxyl groups excluding tert-OH is 1. The van der Waals surface area contributed by atoms with Gasteiger partial charge in [-0.3, -0.25) is 0 Å². The lowest BCUT2D eigenvalue weighted by atomic mass is 9.96. The number of H-pyrrole nitrogens is 2. The van der Waals surface area contributed by atoms with Gasteiger partial charge in [0.15, 0.2) is 0 Å². The molecular weight excluding hydrogens is 264 g/mol. The molecule has 1 atom stereocenters.